The Morgan fingerprint density at radius 2 is 2.23 bits per heavy atom. The zero-order chi connectivity index (χ0) is 16.1. The van der Waals surface area contributed by atoms with Gasteiger partial charge in [-0.05, 0) is 31.0 Å². The molecular weight excluding hydrogens is 282 g/mol. The lowest BCUT2D eigenvalue weighted by Crippen LogP contribution is -2.24. The highest BCUT2D eigenvalue weighted by atomic mass is 16.5. The Morgan fingerprint density at radius 3 is 2.91 bits per heavy atom. The second-order valence-corrected chi connectivity index (χ2v) is 4.84. The Labute approximate surface area is 128 Å². The molecule has 0 aliphatic rings. The number of terminal acetylenes is 1. The Morgan fingerprint density at radius 1 is 1.45 bits per heavy atom. The third-order valence-corrected chi connectivity index (χ3v) is 3.48. The number of nitrogens with one attached hydrogen (secondary N) is 1. The van der Waals surface area contributed by atoms with Gasteiger partial charge in [-0.2, -0.15) is 0 Å². The van der Waals surface area contributed by atoms with Gasteiger partial charge in [0, 0.05) is 23.4 Å². The van der Waals surface area contributed by atoms with E-state index < -0.39 is 5.63 Å². The standard InChI is InChI=1S/C17H17NO4/c1-4-9-18-16(19)8-7-14-11(2)13-6-5-12(21-3)10-15(13)22-17(14)20/h1,5-6,10H,7-9H2,2-3H3,(H,18,19). The predicted molar refractivity (Wildman–Crippen MR) is 83.9 cm³/mol. The summed E-state index contributed by atoms with van der Waals surface area (Å²) in [6.07, 6.45) is 5.58. The molecule has 0 fully saturated rings. The van der Waals surface area contributed by atoms with Gasteiger partial charge in [-0.15, -0.1) is 6.42 Å². The summed E-state index contributed by atoms with van der Waals surface area (Å²) in [6, 6.07) is 5.32. The average Bonchev–Trinajstić information content (AvgIpc) is 2.52. The van der Waals surface area contributed by atoms with Crippen LogP contribution in [0.15, 0.2) is 27.4 Å². The summed E-state index contributed by atoms with van der Waals surface area (Å²) >= 11 is 0. The van der Waals surface area contributed by atoms with E-state index in [2.05, 4.69) is 11.2 Å². The summed E-state index contributed by atoms with van der Waals surface area (Å²) < 4.78 is 10.4. The normalized spacial score (nSPS) is 10.2. The number of carbonyl (C=O) groups is 1. The quantitative estimate of drug-likeness (QED) is 0.675. The number of carbonyl (C=O) groups excluding carboxylic acids is 1. The van der Waals surface area contributed by atoms with Gasteiger partial charge in [0.05, 0.1) is 13.7 Å². The fraction of sp³-hybridized carbons (Fsp3) is 0.294. The maximum atomic E-state index is 12.1. The summed E-state index contributed by atoms with van der Waals surface area (Å²) in [4.78, 5) is 23.7. The van der Waals surface area contributed by atoms with Crippen LogP contribution >= 0.6 is 0 Å². The fourth-order valence-corrected chi connectivity index (χ4v) is 2.27. The first kappa shape index (κ1) is 15.6. The largest absolute Gasteiger partial charge is 0.497 e. The topological polar surface area (TPSA) is 68.5 Å². The van der Waals surface area contributed by atoms with Crippen molar-refractivity contribution in [2.24, 2.45) is 0 Å². The van der Waals surface area contributed by atoms with Crippen LogP contribution in [0.4, 0.5) is 0 Å². The number of methoxy groups -OCH3 is 1. The van der Waals surface area contributed by atoms with Crippen LogP contribution in [0.25, 0.3) is 11.0 Å². The molecule has 22 heavy (non-hydrogen) atoms. The van der Waals surface area contributed by atoms with Crippen molar-refractivity contribution in [1.82, 2.24) is 5.32 Å². The summed E-state index contributed by atoms with van der Waals surface area (Å²) in [5.41, 5.74) is 1.37. The van der Waals surface area contributed by atoms with Crippen molar-refractivity contribution in [2.45, 2.75) is 19.8 Å². The second kappa shape index (κ2) is 6.81. The molecule has 0 saturated heterocycles. The smallest absolute Gasteiger partial charge is 0.339 e. The SMILES string of the molecule is C#CCNC(=O)CCc1c(C)c2ccc(OC)cc2oc1=O. The summed E-state index contributed by atoms with van der Waals surface area (Å²) in [5, 5.41) is 3.40. The molecule has 0 spiro atoms. The molecule has 0 bridgehead atoms. The van der Waals surface area contributed by atoms with Crippen LogP contribution in [0.5, 0.6) is 5.75 Å². The Kier molecular flexibility index (Phi) is 4.84. The van der Waals surface area contributed by atoms with Crippen molar-refractivity contribution in [2.75, 3.05) is 13.7 Å². The van der Waals surface area contributed by atoms with Crippen molar-refractivity contribution in [1.29, 1.82) is 0 Å². The van der Waals surface area contributed by atoms with Crippen LogP contribution in [-0.4, -0.2) is 19.6 Å². The molecule has 0 atom stereocenters. The lowest BCUT2D eigenvalue weighted by atomic mass is 10.0. The van der Waals surface area contributed by atoms with Gasteiger partial charge in [-0.25, -0.2) is 4.79 Å². The summed E-state index contributed by atoms with van der Waals surface area (Å²) in [6.45, 7) is 2.03. The van der Waals surface area contributed by atoms with Crippen LogP contribution in [0.1, 0.15) is 17.5 Å². The molecule has 1 heterocycles. The molecule has 2 aromatic rings. The van der Waals surface area contributed by atoms with Gasteiger partial charge in [-0.1, -0.05) is 5.92 Å². The maximum Gasteiger partial charge on any atom is 0.339 e. The van der Waals surface area contributed by atoms with E-state index in [9.17, 15) is 9.59 Å². The lowest BCUT2D eigenvalue weighted by Gasteiger charge is -2.08. The first-order chi connectivity index (χ1) is 10.6. The van der Waals surface area contributed by atoms with Gasteiger partial charge in [-0.3, -0.25) is 4.79 Å². The zero-order valence-corrected chi connectivity index (χ0v) is 12.6. The van der Waals surface area contributed by atoms with E-state index >= 15 is 0 Å². The van der Waals surface area contributed by atoms with E-state index in [1.165, 1.54) is 0 Å². The van der Waals surface area contributed by atoms with Gasteiger partial charge in [0.25, 0.3) is 0 Å². The number of hydrogen-bond donors (Lipinski definition) is 1. The highest BCUT2D eigenvalue weighted by Gasteiger charge is 2.13. The van der Waals surface area contributed by atoms with Crippen molar-refractivity contribution >= 4 is 16.9 Å². The van der Waals surface area contributed by atoms with Crippen LogP contribution in [0, 0.1) is 19.3 Å². The minimum Gasteiger partial charge on any atom is -0.497 e. The second-order valence-electron chi connectivity index (χ2n) is 4.84. The van der Waals surface area contributed by atoms with Crippen LogP contribution in [-0.2, 0) is 11.2 Å². The number of benzene rings is 1. The molecule has 114 valence electrons. The number of rotatable bonds is 5. The highest BCUT2D eigenvalue weighted by Crippen LogP contribution is 2.24. The first-order valence-corrected chi connectivity index (χ1v) is 6.87. The molecule has 1 aromatic carbocycles. The molecule has 0 unspecified atom stereocenters. The summed E-state index contributed by atoms with van der Waals surface area (Å²) in [7, 11) is 1.55. The molecule has 1 amide bonds. The monoisotopic (exact) mass is 299 g/mol. The molecule has 1 aromatic heterocycles. The molecule has 5 heteroatoms. The van der Waals surface area contributed by atoms with E-state index in [4.69, 9.17) is 15.6 Å². The average molecular weight is 299 g/mol. The van der Waals surface area contributed by atoms with E-state index in [1.807, 2.05) is 13.0 Å². The Hall–Kier alpha value is -2.74. The maximum absolute atomic E-state index is 12.1. The third-order valence-electron chi connectivity index (χ3n) is 3.48. The number of fused-ring (bicyclic) bond motifs is 1. The van der Waals surface area contributed by atoms with E-state index in [1.54, 1.807) is 19.2 Å². The van der Waals surface area contributed by atoms with E-state index in [-0.39, 0.29) is 18.9 Å². The van der Waals surface area contributed by atoms with Crippen LogP contribution in [0.3, 0.4) is 0 Å². The fourth-order valence-electron chi connectivity index (χ4n) is 2.27. The number of hydrogen-bond acceptors (Lipinski definition) is 4. The molecule has 0 aliphatic heterocycles. The summed E-state index contributed by atoms with van der Waals surface area (Å²) in [5.74, 6) is 2.76. The molecule has 0 aliphatic carbocycles. The van der Waals surface area contributed by atoms with Crippen LogP contribution in [0.2, 0.25) is 0 Å². The molecule has 2 rings (SSSR count). The van der Waals surface area contributed by atoms with Gasteiger partial charge in [0.2, 0.25) is 5.91 Å². The van der Waals surface area contributed by atoms with Gasteiger partial charge in [0.15, 0.2) is 0 Å². The Balaban J connectivity index is 2.29. The number of aryl methyl sites for hydroxylation is 1. The van der Waals surface area contributed by atoms with Crippen molar-refractivity contribution in [3.63, 3.8) is 0 Å². The van der Waals surface area contributed by atoms with Crippen LogP contribution < -0.4 is 15.7 Å². The molecule has 0 radical (unpaired) electrons. The molecule has 0 saturated carbocycles. The predicted octanol–water partition coefficient (Wildman–Crippen LogP) is 1.79. The van der Waals surface area contributed by atoms with Crippen molar-refractivity contribution in [3.05, 3.63) is 39.7 Å². The minimum absolute atomic E-state index is 0.184. The van der Waals surface area contributed by atoms with Gasteiger partial charge in [0.1, 0.15) is 11.3 Å². The third kappa shape index (κ3) is 3.29. The highest BCUT2D eigenvalue weighted by molar-refractivity contribution is 5.82. The number of ether oxygens (including phenoxy) is 1. The zero-order valence-electron chi connectivity index (χ0n) is 12.6. The lowest BCUT2D eigenvalue weighted by molar-refractivity contribution is -0.120. The first-order valence-electron chi connectivity index (χ1n) is 6.87. The molecular formula is C17H17NO4. The molecule has 5 nitrogen and oxygen atoms in total. The number of amides is 1. The van der Waals surface area contributed by atoms with Gasteiger partial charge < -0.3 is 14.5 Å². The van der Waals surface area contributed by atoms with Crippen molar-refractivity contribution < 1.29 is 13.9 Å². The van der Waals surface area contributed by atoms with Gasteiger partial charge >= 0.3 is 5.63 Å². The minimum atomic E-state index is -0.428. The van der Waals surface area contributed by atoms with E-state index in [0.717, 1.165) is 10.9 Å². The molecule has 1 N–H and O–H groups in total. The Bertz CT molecular complexity index is 799. The van der Waals surface area contributed by atoms with Crippen molar-refractivity contribution in [3.8, 4) is 18.1 Å². The van der Waals surface area contributed by atoms with E-state index in [0.29, 0.717) is 23.3 Å².